The zero-order valence-corrected chi connectivity index (χ0v) is 24.3. The van der Waals surface area contributed by atoms with E-state index in [0.29, 0.717) is 19.6 Å². The molecule has 38 heavy (non-hydrogen) atoms. The highest BCUT2D eigenvalue weighted by Crippen LogP contribution is 2.26. The Balaban J connectivity index is 1.61. The molecule has 0 radical (unpaired) electrons. The van der Waals surface area contributed by atoms with Crippen LogP contribution in [0.3, 0.4) is 0 Å². The van der Waals surface area contributed by atoms with Gasteiger partial charge in [0.05, 0.1) is 17.1 Å². The SMILES string of the molecule is CCOc1ccc(CC(=S)N(Cc2cc3cc(C)c(CN(CC)CC)c(C)c3[nH]c2=O)C2CCNC2)cc1. The first-order chi connectivity index (χ1) is 18.3. The summed E-state index contributed by atoms with van der Waals surface area (Å²) in [5, 5.41) is 4.54. The van der Waals surface area contributed by atoms with Gasteiger partial charge in [-0.3, -0.25) is 9.69 Å². The van der Waals surface area contributed by atoms with Crippen LogP contribution in [0.2, 0.25) is 0 Å². The quantitative estimate of drug-likeness (QED) is 0.333. The van der Waals surface area contributed by atoms with Crippen LogP contribution >= 0.6 is 12.2 Å². The molecule has 0 spiro atoms. The minimum Gasteiger partial charge on any atom is -0.494 e. The monoisotopic (exact) mass is 534 g/mol. The third kappa shape index (κ3) is 6.45. The lowest BCUT2D eigenvalue weighted by atomic mass is 9.97. The van der Waals surface area contributed by atoms with E-state index in [-0.39, 0.29) is 11.6 Å². The van der Waals surface area contributed by atoms with Crippen LogP contribution in [0.15, 0.2) is 41.2 Å². The summed E-state index contributed by atoms with van der Waals surface area (Å²) in [6.07, 6.45) is 1.68. The van der Waals surface area contributed by atoms with Gasteiger partial charge in [0.25, 0.3) is 5.56 Å². The van der Waals surface area contributed by atoms with Crippen LogP contribution in [-0.2, 0) is 19.5 Å². The van der Waals surface area contributed by atoms with Crippen molar-refractivity contribution in [3.05, 3.63) is 74.6 Å². The summed E-state index contributed by atoms with van der Waals surface area (Å²) in [4.78, 5) is 22.1. The maximum absolute atomic E-state index is 13.4. The molecular weight excluding hydrogens is 492 g/mol. The molecule has 1 aromatic heterocycles. The van der Waals surface area contributed by atoms with E-state index in [1.807, 2.05) is 19.1 Å². The lowest BCUT2D eigenvalue weighted by molar-refractivity contribution is 0.295. The highest BCUT2D eigenvalue weighted by Gasteiger charge is 2.26. The molecule has 0 aliphatic carbocycles. The van der Waals surface area contributed by atoms with Gasteiger partial charge in [-0.05, 0) is 98.7 Å². The summed E-state index contributed by atoms with van der Waals surface area (Å²) >= 11 is 5.99. The van der Waals surface area contributed by atoms with Crippen LogP contribution in [0.5, 0.6) is 5.75 Å². The lowest BCUT2D eigenvalue weighted by Gasteiger charge is -2.31. The molecule has 1 saturated heterocycles. The van der Waals surface area contributed by atoms with Crippen molar-refractivity contribution in [2.24, 2.45) is 0 Å². The first kappa shape index (κ1) is 28.3. The third-order valence-electron chi connectivity index (χ3n) is 7.83. The number of pyridine rings is 1. The number of benzene rings is 2. The summed E-state index contributed by atoms with van der Waals surface area (Å²) < 4.78 is 5.58. The molecule has 4 rings (SSSR count). The predicted octanol–water partition coefficient (Wildman–Crippen LogP) is 5.12. The van der Waals surface area contributed by atoms with E-state index in [2.05, 4.69) is 72.1 Å². The Morgan fingerprint density at radius 2 is 1.82 bits per heavy atom. The molecule has 0 bridgehead atoms. The van der Waals surface area contributed by atoms with Crippen LogP contribution in [0.4, 0.5) is 0 Å². The van der Waals surface area contributed by atoms with Crippen molar-refractivity contribution < 1.29 is 4.74 Å². The highest BCUT2D eigenvalue weighted by molar-refractivity contribution is 7.80. The largest absolute Gasteiger partial charge is 0.494 e. The standard InChI is InChI=1S/C31H42N4O2S/c1-6-34(7-2)20-28-21(4)15-24-17-25(31(36)33-30(24)22(28)5)19-35(26-13-14-32-18-26)29(38)16-23-9-11-27(12-10-23)37-8-3/h9-12,15,17,26,32H,6-8,13-14,16,18-20H2,1-5H3,(H,33,36). The van der Waals surface area contributed by atoms with E-state index in [1.165, 1.54) is 16.7 Å². The van der Waals surface area contributed by atoms with Crippen LogP contribution in [0, 0.1) is 13.8 Å². The summed E-state index contributed by atoms with van der Waals surface area (Å²) in [6.45, 7) is 16.6. The lowest BCUT2D eigenvalue weighted by Crippen LogP contribution is -2.42. The van der Waals surface area contributed by atoms with Crippen molar-refractivity contribution in [2.75, 3.05) is 32.8 Å². The fourth-order valence-corrected chi connectivity index (χ4v) is 5.85. The molecule has 1 fully saturated rings. The second kappa shape index (κ2) is 12.9. The molecule has 1 aliphatic rings. The molecule has 0 amide bonds. The van der Waals surface area contributed by atoms with Gasteiger partial charge in [-0.2, -0.15) is 0 Å². The number of ether oxygens (including phenoxy) is 1. The van der Waals surface area contributed by atoms with Gasteiger partial charge >= 0.3 is 0 Å². The molecule has 7 heteroatoms. The van der Waals surface area contributed by atoms with Gasteiger partial charge in [0, 0.05) is 37.7 Å². The van der Waals surface area contributed by atoms with Crippen LogP contribution in [-0.4, -0.2) is 58.6 Å². The topological polar surface area (TPSA) is 60.6 Å². The number of thiocarbonyl (C=S) groups is 1. The first-order valence-electron chi connectivity index (χ1n) is 13.9. The second-order valence-electron chi connectivity index (χ2n) is 10.3. The van der Waals surface area contributed by atoms with Crippen LogP contribution in [0.1, 0.15) is 55.0 Å². The van der Waals surface area contributed by atoms with E-state index >= 15 is 0 Å². The summed E-state index contributed by atoms with van der Waals surface area (Å²) in [6, 6.07) is 12.7. The molecule has 6 nitrogen and oxygen atoms in total. The van der Waals surface area contributed by atoms with Gasteiger partial charge in [-0.25, -0.2) is 0 Å². The molecule has 1 aliphatic heterocycles. The Morgan fingerprint density at radius 1 is 1.08 bits per heavy atom. The minimum atomic E-state index is -0.0296. The highest BCUT2D eigenvalue weighted by atomic mass is 32.1. The number of aromatic amines is 1. The third-order valence-corrected chi connectivity index (χ3v) is 8.21. The number of aryl methyl sites for hydroxylation is 2. The molecule has 2 aromatic carbocycles. The maximum atomic E-state index is 13.4. The van der Waals surface area contributed by atoms with Crippen molar-refractivity contribution in [1.82, 2.24) is 20.1 Å². The van der Waals surface area contributed by atoms with Crippen molar-refractivity contribution >= 4 is 28.1 Å². The molecule has 2 heterocycles. The normalized spacial score (nSPS) is 15.4. The van der Waals surface area contributed by atoms with E-state index in [0.717, 1.165) is 71.9 Å². The average Bonchev–Trinajstić information content (AvgIpc) is 3.44. The number of fused-ring (bicyclic) bond motifs is 1. The van der Waals surface area contributed by atoms with Gasteiger partial charge < -0.3 is 19.9 Å². The van der Waals surface area contributed by atoms with Gasteiger partial charge in [-0.1, -0.05) is 38.2 Å². The van der Waals surface area contributed by atoms with E-state index in [4.69, 9.17) is 17.0 Å². The zero-order chi connectivity index (χ0) is 27.2. The fourth-order valence-electron chi connectivity index (χ4n) is 5.47. The molecule has 1 unspecified atom stereocenters. The fraction of sp³-hybridized carbons (Fsp3) is 0.484. The number of nitrogens with zero attached hydrogens (tertiary/aromatic N) is 2. The van der Waals surface area contributed by atoms with Crippen LogP contribution in [0.25, 0.3) is 10.9 Å². The second-order valence-corrected chi connectivity index (χ2v) is 10.7. The van der Waals surface area contributed by atoms with Gasteiger partial charge in [0.1, 0.15) is 5.75 Å². The Labute approximate surface area is 232 Å². The molecule has 204 valence electrons. The van der Waals surface area contributed by atoms with E-state index in [9.17, 15) is 4.79 Å². The number of hydrogen-bond acceptors (Lipinski definition) is 5. The summed E-state index contributed by atoms with van der Waals surface area (Å²) in [5.41, 5.74) is 6.55. The number of hydrogen-bond donors (Lipinski definition) is 2. The predicted molar refractivity (Wildman–Crippen MR) is 161 cm³/mol. The van der Waals surface area contributed by atoms with Gasteiger partial charge in [0.2, 0.25) is 0 Å². The molecule has 3 aromatic rings. The van der Waals surface area contributed by atoms with E-state index in [1.54, 1.807) is 0 Å². The van der Waals surface area contributed by atoms with Gasteiger partial charge in [0.15, 0.2) is 0 Å². The number of aromatic nitrogens is 1. The Bertz CT molecular complexity index is 1310. The van der Waals surface area contributed by atoms with E-state index < -0.39 is 0 Å². The van der Waals surface area contributed by atoms with Crippen molar-refractivity contribution in [3.8, 4) is 5.75 Å². The number of H-pyrrole nitrogens is 1. The molecule has 1 atom stereocenters. The Kier molecular flexibility index (Phi) is 9.58. The van der Waals surface area contributed by atoms with Crippen LogP contribution < -0.4 is 15.6 Å². The molecule has 0 saturated carbocycles. The number of rotatable bonds is 11. The summed E-state index contributed by atoms with van der Waals surface area (Å²) in [7, 11) is 0. The maximum Gasteiger partial charge on any atom is 0.253 e. The average molecular weight is 535 g/mol. The zero-order valence-electron chi connectivity index (χ0n) is 23.5. The van der Waals surface area contributed by atoms with Crippen molar-refractivity contribution in [1.29, 1.82) is 0 Å². The Morgan fingerprint density at radius 3 is 2.45 bits per heavy atom. The molecule has 2 N–H and O–H groups in total. The number of nitrogens with one attached hydrogen (secondary N) is 2. The molecular formula is C31H42N4O2S. The Hall–Kier alpha value is -2.74. The van der Waals surface area contributed by atoms with Crippen molar-refractivity contribution in [2.45, 2.75) is 66.6 Å². The summed E-state index contributed by atoms with van der Waals surface area (Å²) in [5.74, 6) is 0.868. The van der Waals surface area contributed by atoms with Gasteiger partial charge in [-0.15, -0.1) is 0 Å². The minimum absolute atomic E-state index is 0.0296. The van der Waals surface area contributed by atoms with Crippen molar-refractivity contribution in [3.63, 3.8) is 0 Å². The first-order valence-corrected chi connectivity index (χ1v) is 14.3. The smallest absolute Gasteiger partial charge is 0.253 e.